The molecule has 3 rings (SSSR count). The highest BCUT2D eigenvalue weighted by Crippen LogP contribution is 2.18. The van der Waals surface area contributed by atoms with E-state index in [0.717, 1.165) is 24.8 Å². The first kappa shape index (κ1) is 9.81. The Bertz CT molecular complexity index is 479. The molecule has 0 radical (unpaired) electrons. The SMILES string of the molecule is c1csc(NCc2ccc3c(c2)CNC3)n1. The van der Waals surface area contributed by atoms with Crippen LogP contribution in [0.5, 0.6) is 0 Å². The molecule has 0 amide bonds. The molecule has 0 unspecified atom stereocenters. The van der Waals surface area contributed by atoms with Crippen molar-refractivity contribution in [2.45, 2.75) is 19.6 Å². The minimum atomic E-state index is 0.848. The van der Waals surface area contributed by atoms with Gasteiger partial charge in [-0.05, 0) is 16.7 Å². The third-order valence-electron chi connectivity index (χ3n) is 2.78. The summed E-state index contributed by atoms with van der Waals surface area (Å²) in [4.78, 5) is 4.20. The van der Waals surface area contributed by atoms with Crippen LogP contribution in [0.3, 0.4) is 0 Å². The van der Waals surface area contributed by atoms with Gasteiger partial charge in [0.15, 0.2) is 5.13 Å². The minimum absolute atomic E-state index is 0.848. The quantitative estimate of drug-likeness (QED) is 0.851. The van der Waals surface area contributed by atoms with Crippen LogP contribution in [-0.4, -0.2) is 4.98 Å². The second-order valence-electron chi connectivity index (χ2n) is 3.90. The maximum atomic E-state index is 4.20. The molecule has 0 fully saturated rings. The Morgan fingerprint density at radius 2 is 2.25 bits per heavy atom. The standard InChI is InChI=1S/C12H13N3S/c1-2-10-7-13-8-11(10)5-9(1)6-15-12-14-3-4-16-12/h1-5,13H,6-8H2,(H,14,15). The number of hydrogen-bond donors (Lipinski definition) is 2. The van der Waals surface area contributed by atoms with Crippen LogP contribution < -0.4 is 10.6 Å². The molecule has 0 spiro atoms. The van der Waals surface area contributed by atoms with Gasteiger partial charge >= 0.3 is 0 Å². The molecule has 4 heteroatoms. The Kier molecular flexibility index (Phi) is 2.60. The molecule has 2 aromatic rings. The Balaban J connectivity index is 1.71. The van der Waals surface area contributed by atoms with Crippen molar-refractivity contribution in [3.8, 4) is 0 Å². The second-order valence-corrected chi connectivity index (χ2v) is 4.79. The normalized spacial score (nSPS) is 13.8. The zero-order valence-electron chi connectivity index (χ0n) is 8.86. The van der Waals surface area contributed by atoms with Gasteiger partial charge < -0.3 is 10.6 Å². The fourth-order valence-corrected chi connectivity index (χ4v) is 2.47. The van der Waals surface area contributed by atoms with E-state index in [2.05, 4.69) is 33.8 Å². The summed E-state index contributed by atoms with van der Waals surface area (Å²) in [7, 11) is 0. The average molecular weight is 231 g/mol. The number of benzene rings is 1. The number of thiazole rings is 1. The fraction of sp³-hybridized carbons (Fsp3) is 0.250. The lowest BCUT2D eigenvalue weighted by atomic mass is 10.1. The van der Waals surface area contributed by atoms with Crippen molar-refractivity contribution in [3.63, 3.8) is 0 Å². The summed E-state index contributed by atoms with van der Waals surface area (Å²) in [6, 6.07) is 6.68. The molecule has 0 aliphatic carbocycles. The first-order chi connectivity index (χ1) is 7.92. The summed E-state index contributed by atoms with van der Waals surface area (Å²) in [6.07, 6.45) is 1.82. The summed E-state index contributed by atoms with van der Waals surface area (Å²) in [6.45, 7) is 2.86. The number of aromatic nitrogens is 1. The van der Waals surface area contributed by atoms with Gasteiger partial charge in [0.25, 0.3) is 0 Å². The van der Waals surface area contributed by atoms with E-state index < -0.39 is 0 Å². The van der Waals surface area contributed by atoms with Crippen LogP contribution in [0.2, 0.25) is 0 Å². The lowest BCUT2D eigenvalue weighted by molar-refractivity contribution is 0.764. The van der Waals surface area contributed by atoms with Gasteiger partial charge in [-0.15, -0.1) is 11.3 Å². The van der Waals surface area contributed by atoms with Gasteiger partial charge in [0.05, 0.1) is 0 Å². The molecule has 0 atom stereocenters. The van der Waals surface area contributed by atoms with E-state index >= 15 is 0 Å². The molecule has 1 aliphatic rings. The van der Waals surface area contributed by atoms with Gasteiger partial charge in [-0.1, -0.05) is 18.2 Å². The molecule has 2 heterocycles. The van der Waals surface area contributed by atoms with E-state index in [4.69, 9.17) is 0 Å². The van der Waals surface area contributed by atoms with Crippen molar-refractivity contribution in [1.29, 1.82) is 0 Å². The van der Waals surface area contributed by atoms with Gasteiger partial charge in [0.1, 0.15) is 0 Å². The van der Waals surface area contributed by atoms with Crippen molar-refractivity contribution in [1.82, 2.24) is 10.3 Å². The molecule has 82 valence electrons. The van der Waals surface area contributed by atoms with Crippen LogP contribution in [0.15, 0.2) is 29.8 Å². The van der Waals surface area contributed by atoms with Crippen molar-refractivity contribution in [2.24, 2.45) is 0 Å². The molecular formula is C12H13N3S. The van der Waals surface area contributed by atoms with Gasteiger partial charge in [-0.25, -0.2) is 4.98 Å². The van der Waals surface area contributed by atoms with Crippen LogP contribution in [0, 0.1) is 0 Å². The molecule has 1 aromatic carbocycles. The van der Waals surface area contributed by atoms with Gasteiger partial charge in [-0.2, -0.15) is 0 Å². The fourth-order valence-electron chi connectivity index (χ4n) is 1.95. The first-order valence-electron chi connectivity index (χ1n) is 5.36. The van der Waals surface area contributed by atoms with Crippen molar-refractivity contribution >= 4 is 16.5 Å². The van der Waals surface area contributed by atoms with Gasteiger partial charge in [-0.3, -0.25) is 0 Å². The number of hydrogen-bond acceptors (Lipinski definition) is 4. The number of nitrogens with zero attached hydrogens (tertiary/aromatic N) is 1. The van der Waals surface area contributed by atoms with Crippen molar-refractivity contribution in [3.05, 3.63) is 46.5 Å². The maximum Gasteiger partial charge on any atom is 0.182 e. The molecule has 16 heavy (non-hydrogen) atoms. The zero-order chi connectivity index (χ0) is 10.8. The molecule has 0 saturated heterocycles. The van der Waals surface area contributed by atoms with E-state index in [-0.39, 0.29) is 0 Å². The number of rotatable bonds is 3. The van der Waals surface area contributed by atoms with Crippen LogP contribution in [0.25, 0.3) is 0 Å². The molecule has 1 aliphatic heterocycles. The van der Waals surface area contributed by atoms with E-state index in [1.807, 2.05) is 11.6 Å². The Hall–Kier alpha value is -1.39. The second kappa shape index (κ2) is 4.23. The summed E-state index contributed by atoms with van der Waals surface area (Å²) in [5, 5.41) is 9.64. The summed E-state index contributed by atoms with van der Waals surface area (Å²) >= 11 is 1.63. The Labute approximate surface area is 98.5 Å². The molecular weight excluding hydrogens is 218 g/mol. The molecule has 0 saturated carbocycles. The lowest BCUT2D eigenvalue weighted by Crippen LogP contribution is -2.00. The summed E-state index contributed by atoms with van der Waals surface area (Å²) in [5.74, 6) is 0. The monoisotopic (exact) mass is 231 g/mol. The predicted molar refractivity (Wildman–Crippen MR) is 66.4 cm³/mol. The van der Waals surface area contributed by atoms with E-state index in [1.54, 1.807) is 11.3 Å². The summed E-state index contributed by atoms with van der Waals surface area (Å²) < 4.78 is 0. The first-order valence-corrected chi connectivity index (χ1v) is 6.24. The molecule has 2 N–H and O–H groups in total. The van der Waals surface area contributed by atoms with Crippen LogP contribution in [0.4, 0.5) is 5.13 Å². The lowest BCUT2D eigenvalue weighted by Gasteiger charge is -2.05. The third kappa shape index (κ3) is 1.94. The number of nitrogens with one attached hydrogen (secondary N) is 2. The highest BCUT2D eigenvalue weighted by molar-refractivity contribution is 7.13. The van der Waals surface area contributed by atoms with Crippen molar-refractivity contribution < 1.29 is 0 Å². The van der Waals surface area contributed by atoms with Crippen LogP contribution >= 0.6 is 11.3 Å². The predicted octanol–water partition coefficient (Wildman–Crippen LogP) is 2.36. The van der Waals surface area contributed by atoms with Crippen LogP contribution in [0.1, 0.15) is 16.7 Å². The van der Waals surface area contributed by atoms with E-state index in [1.165, 1.54) is 16.7 Å². The van der Waals surface area contributed by atoms with Gasteiger partial charge in [0.2, 0.25) is 0 Å². The van der Waals surface area contributed by atoms with E-state index in [9.17, 15) is 0 Å². The minimum Gasteiger partial charge on any atom is -0.357 e. The topological polar surface area (TPSA) is 37.0 Å². The zero-order valence-corrected chi connectivity index (χ0v) is 9.68. The van der Waals surface area contributed by atoms with E-state index in [0.29, 0.717) is 0 Å². The molecule has 1 aromatic heterocycles. The number of anilines is 1. The van der Waals surface area contributed by atoms with Crippen LogP contribution in [-0.2, 0) is 19.6 Å². The Morgan fingerprint density at radius 3 is 3.12 bits per heavy atom. The average Bonchev–Trinajstić information content (AvgIpc) is 2.97. The smallest absolute Gasteiger partial charge is 0.182 e. The highest BCUT2D eigenvalue weighted by Gasteiger charge is 2.09. The highest BCUT2D eigenvalue weighted by atomic mass is 32.1. The van der Waals surface area contributed by atoms with Gasteiger partial charge in [0, 0.05) is 31.2 Å². The molecule has 0 bridgehead atoms. The maximum absolute atomic E-state index is 4.20. The largest absolute Gasteiger partial charge is 0.357 e. The molecule has 3 nitrogen and oxygen atoms in total. The number of fused-ring (bicyclic) bond motifs is 1. The third-order valence-corrected chi connectivity index (χ3v) is 3.51. The Morgan fingerprint density at radius 1 is 1.31 bits per heavy atom. The van der Waals surface area contributed by atoms with Crippen molar-refractivity contribution in [2.75, 3.05) is 5.32 Å². The summed E-state index contributed by atoms with van der Waals surface area (Å²) in [5.41, 5.74) is 4.18.